The Labute approximate surface area is 239 Å². The van der Waals surface area contributed by atoms with Gasteiger partial charge in [0.25, 0.3) is 5.56 Å². The van der Waals surface area contributed by atoms with Gasteiger partial charge in [-0.15, -0.1) is 11.3 Å². The van der Waals surface area contributed by atoms with Crippen molar-refractivity contribution >= 4 is 37.5 Å². The molecule has 2 aliphatic rings. The lowest BCUT2D eigenvalue weighted by atomic mass is 9.72. The highest BCUT2D eigenvalue weighted by atomic mass is 79.9. The summed E-state index contributed by atoms with van der Waals surface area (Å²) in [4.78, 5) is 23.4. The van der Waals surface area contributed by atoms with Crippen molar-refractivity contribution in [1.29, 1.82) is 0 Å². The predicted molar refractivity (Wildman–Crippen MR) is 156 cm³/mol. The van der Waals surface area contributed by atoms with Crippen LogP contribution in [0.15, 0.2) is 39.6 Å². The van der Waals surface area contributed by atoms with Crippen LogP contribution in [0.25, 0.3) is 21.6 Å². The molecule has 3 heterocycles. The molecule has 0 spiro atoms. The summed E-state index contributed by atoms with van der Waals surface area (Å²) in [5.74, 6) is 3.72. The first-order valence-corrected chi connectivity index (χ1v) is 14.8. The number of nitrogens with zero attached hydrogens (tertiary/aromatic N) is 1. The third-order valence-corrected chi connectivity index (χ3v) is 9.28. The van der Waals surface area contributed by atoms with Crippen molar-refractivity contribution < 1.29 is 18.9 Å². The maximum atomic E-state index is 13.3. The van der Waals surface area contributed by atoms with Gasteiger partial charge in [-0.3, -0.25) is 4.79 Å². The lowest BCUT2D eigenvalue weighted by molar-refractivity contribution is 0.174. The van der Waals surface area contributed by atoms with Crippen molar-refractivity contribution in [1.82, 2.24) is 9.97 Å². The van der Waals surface area contributed by atoms with Gasteiger partial charge in [-0.05, 0) is 88.8 Å². The number of benzene rings is 2. The topological polar surface area (TPSA) is 82.7 Å². The minimum Gasteiger partial charge on any atom is -0.490 e. The summed E-state index contributed by atoms with van der Waals surface area (Å²) in [6, 6.07) is 9.53. The second-order valence-corrected chi connectivity index (χ2v) is 13.0. The molecule has 2 aromatic carbocycles. The Morgan fingerprint density at radius 3 is 2.77 bits per heavy atom. The molecule has 4 aromatic rings. The number of rotatable bonds is 6. The number of H-pyrrole nitrogens is 1. The average Bonchev–Trinajstić information content (AvgIpc) is 3.51. The van der Waals surface area contributed by atoms with E-state index in [1.807, 2.05) is 37.3 Å². The van der Waals surface area contributed by atoms with E-state index in [0.717, 1.165) is 46.4 Å². The molecule has 0 saturated heterocycles. The van der Waals surface area contributed by atoms with Crippen molar-refractivity contribution in [2.24, 2.45) is 11.3 Å². The van der Waals surface area contributed by atoms with E-state index in [9.17, 15) is 4.79 Å². The van der Waals surface area contributed by atoms with Crippen molar-refractivity contribution in [2.75, 3.05) is 13.4 Å². The van der Waals surface area contributed by atoms with Crippen LogP contribution in [0, 0.1) is 11.3 Å². The first kappa shape index (κ1) is 26.2. The molecule has 1 unspecified atom stereocenters. The average molecular weight is 612 g/mol. The Balaban J connectivity index is 1.31. The van der Waals surface area contributed by atoms with Crippen LogP contribution in [0.2, 0.25) is 0 Å². The molecule has 1 aliphatic carbocycles. The number of aromatic amines is 1. The van der Waals surface area contributed by atoms with E-state index in [2.05, 4.69) is 41.7 Å². The number of ether oxygens (including phenoxy) is 4. The van der Waals surface area contributed by atoms with Crippen molar-refractivity contribution in [3.05, 3.63) is 61.2 Å². The summed E-state index contributed by atoms with van der Waals surface area (Å²) >= 11 is 5.32. The van der Waals surface area contributed by atoms with Crippen molar-refractivity contribution in [2.45, 2.75) is 53.6 Å². The fourth-order valence-electron chi connectivity index (χ4n) is 5.35. The molecule has 1 aliphatic heterocycles. The monoisotopic (exact) mass is 610 g/mol. The Kier molecular flexibility index (Phi) is 6.83. The third kappa shape index (κ3) is 5.02. The van der Waals surface area contributed by atoms with Crippen LogP contribution in [0.4, 0.5) is 0 Å². The highest BCUT2D eigenvalue weighted by Gasteiger charge is 2.32. The third-order valence-electron chi connectivity index (χ3n) is 7.55. The van der Waals surface area contributed by atoms with E-state index in [4.69, 9.17) is 23.9 Å². The van der Waals surface area contributed by atoms with Gasteiger partial charge in [-0.2, -0.15) is 0 Å². The van der Waals surface area contributed by atoms with Gasteiger partial charge in [0.1, 0.15) is 17.3 Å². The number of nitrogens with one attached hydrogen (secondary N) is 1. The summed E-state index contributed by atoms with van der Waals surface area (Å²) in [5.41, 5.74) is 3.04. The molecule has 0 bridgehead atoms. The van der Waals surface area contributed by atoms with E-state index < -0.39 is 0 Å². The molecule has 204 valence electrons. The fraction of sp³-hybridized carbons (Fsp3) is 0.400. The standard InChI is InChI=1S/C30H31BrN2O5S/c1-5-35-23-12-17(11-20(31)26(23)36-14-16-6-9-21-22(10-16)38-15-37-21)27-32-28(34)25-19-8-7-18(30(2,3)4)13-24(19)39-29(25)33-27/h6,9-12,18H,5,7-8,13-15H2,1-4H3,(H,32,33,34). The maximum Gasteiger partial charge on any atom is 0.260 e. The summed E-state index contributed by atoms with van der Waals surface area (Å²) < 4.78 is 23.7. The molecular formula is C30H31BrN2O5S. The van der Waals surface area contributed by atoms with E-state index in [0.29, 0.717) is 46.7 Å². The first-order valence-electron chi connectivity index (χ1n) is 13.2. The Morgan fingerprint density at radius 2 is 1.97 bits per heavy atom. The number of halogens is 1. The van der Waals surface area contributed by atoms with Crippen LogP contribution in [0.1, 0.15) is 50.1 Å². The Morgan fingerprint density at radius 1 is 1.15 bits per heavy atom. The van der Waals surface area contributed by atoms with Crippen LogP contribution in [-0.2, 0) is 19.4 Å². The van der Waals surface area contributed by atoms with E-state index in [1.54, 1.807) is 11.3 Å². The molecule has 9 heteroatoms. The van der Waals surface area contributed by atoms with E-state index in [1.165, 1.54) is 10.4 Å². The second-order valence-electron chi connectivity index (χ2n) is 11.1. The molecule has 0 amide bonds. The zero-order valence-electron chi connectivity index (χ0n) is 22.5. The van der Waals surface area contributed by atoms with Gasteiger partial charge in [-0.25, -0.2) is 4.98 Å². The van der Waals surface area contributed by atoms with Gasteiger partial charge in [0.2, 0.25) is 6.79 Å². The normalized spacial score (nSPS) is 16.4. The van der Waals surface area contributed by atoms with Crippen molar-refractivity contribution in [3.8, 4) is 34.4 Å². The van der Waals surface area contributed by atoms with E-state index in [-0.39, 0.29) is 17.8 Å². The number of thiophene rings is 1. The van der Waals surface area contributed by atoms with Crippen LogP contribution in [0.5, 0.6) is 23.0 Å². The van der Waals surface area contributed by atoms with Crippen LogP contribution in [-0.4, -0.2) is 23.4 Å². The highest BCUT2D eigenvalue weighted by Crippen LogP contribution is 2.43. The quantitative estimate of drug-likeness (QED) is 0.247. The molecule has 0 fully saturated rings. The SMILES string of the molecule is CCOc1cc(-c2nc3sc4c(c3c(=O)[nH]2)CCC(C(C)(C)C)C4)cc(Br)c1OCc1ccc2c(c1)OCO2. The number of aromatic nitrogens is 2. The number of aryl methyl sites for hydroxylation is 1. The molecule has 0 radical (unpaired) electrons. The molecular weight excluding hydrogens is 580 g/mol. The Hall–Kier alpha value is -3.04. The molecule has 2 aromatic heterocycles. The summed E-state index contributed by atoms with van der Waals surface area (Å²) in [6.45, 7) is 9.85. The molecule has 1 N–H and O–H groups in total. The van der Waals surface area contributed by atoms with Crippen molar-refractivity contribution in [3.63, 3.8) is 0 Å². The van der Waals surface area contributed by atoms with E-state index >= 15 is 0 Å². The maximum absolute atomic E-state index is 13.3. The van der Waals surface area contributed by atoms with Gasteiger partial charge in [-0.1, -0.05) is 26.8 Å². The van der Waals surface area contributed by atoms with Gasteiger partial charge in [0.05, 0.1) is 16.5 Å². The molecule has 7 nitrogen and oxygen atoms in total. The smallest absolute Gasteiger partial charge is 0.260 e. The summed E-state index contributed by atoms with van der Waals surface area (Å²) in [5, 5.41) is 0.749. The number of hydrogen-bond acceptors (Lipinski definition) is 7. The molecule has 0 saturated carbocycles. The van der Waals surface area contributed by atoms with Crippen LogP contribution >= 0.6 is 27.3 Å². The Bertz CT molecular complexity index is 1620. The van der Waals surface area contributed by atoms with Gasteiger partial charge in [0.15, 0.2) is 23.0 Å². The lowest BCUT2D eigenvalue weighted by Gasteiger charge is -2.33. The van der Waals surface area contributed by atoms with Crippen LogP contribution < -0.4 is 24.5 Å². The number of fused-ring (bicyclic) bond motifs is 4. The molecule has 6 rings (SSSR count). The number of hydrogen-bond donors (Lipinski definition) is 1. The highest BCUT2D eigenvalue weighted by molar-refractivity contribution is 9.10. The molecule has 39 heavy (non-hydrogen) atoms. The zero-order valence-corrected chi connectivity index (χ0v) is 24.9. The van der Waals surface area contributed by atoms with Gasteiger partial charge < -0.3 is 23.9 Å². The summed E-state index contributed by atoms with van der Waals surface area (Å²) in [6.07, 6.45) is 3.03. The minimum absolute atomic E-state index is 0.0843. The van der Waals surface area contributed by atoms with Gasteiger partial charge in [0, 0.05) is 10.4 Å². The molecule has 1 atom stereocenters. The second kappa shape index (κ2) is 10.2. The summed E-state index contributed by atoms with van der Waals surface area (Å²) in [7, 11) is 0. The predicted octanol–water partition coefficient (Wildman–Crippen LogP) is 7.27. The zero-order chi connectivity index (χ0) is 27.3. The largest absolute Gasteiger partial charge is 0.490 e. The van der Waals surface area contributed by atoms with Crippen LogP contribution in [0.3, 0.4) is 0 Å². The fourth-order valence-corrected chi connectivity index (χ4v) is 7.21. The minimum atomic E-state index is -0.0843. The first-order chi connectivity index (χ1) is 18.7. The lowest BCUT2D eigenvalue weighted by Crippen LogP contribution is -2.26. The van der Waals surface area contributed by atoms with Gasteiger partial charge >= 0.3 is 0 Å².